The highest BCUT2D eigenvalue weighted by molar-refractivity contribution is 5.59. The standard InChI is InChI=1S/C6H7N3O/c10-9-4-2-6-1-3-7-5-8-6/h1,3-5,10H,2H2. The van der Waals surface area contributed by atoms with Crippen LogP contribution in [0, 0.1) is 0 Å². The van der Waals surface area contributed by atoms with Gasteiger partial charge in [0.25, 0.3) is 0 Å². The quantitative estimate of drug-likeness (QED) is 0.366. The molecule has 0 saturated heterocycles. The summed E-state index contributed by atoms with van der Waals surface area (Å²) in [5.74, 6) is 0. The second kappa shape index (κ2) is 3.55. The zero-order chi connectivity index (χ0) is 7.23. The van der Waals surface area contributed by atoms with Gasteiger partial charge in [-0.3, -0.25) is 0 Å². The molecule has 1 N–H and O–H groups in total. The van der Waals surface area contributed by atoms with Crippen LogP contribution < -0.4 is 0 Å². The lowest BCUT2D eigenvalue weighted by molar-refractivity contribution is 0.320. The Morgan fingerprint density at radius 3 is 3.20 bits per heavy atom. The first-order valence-corrected chi connectivity index (χ1v) is 2.84. The van der Waals surface area contributed by atoms with Crippen LogP contribution in [0.1, 0.15) is 5.69 Å². The van der Waals surface area contributed by atoms with Gasteiger partial charge in [-0.2, -0.15) is 0 Å². The predicted octanol–water partition coefficient (Wildman–Crippen LogP) is 0.479. The third-order valence-corrected chi connectivity index (χ3v) is 1.03. The number of oxime groups is 1. The van der Waals surface area contributed by atoms with E-state index >= 15 is 0 Å². The molecule has 0 unspecified atom stereocenters. The van der Waals surface area contributed by atoms with Crippen LogP contribution >= 0.6 is 0 Å². The molecule has 0 spiro atoms. The average Bonchev–Trinajstić information content (AvgIpc) is 2.03. The van der Waals surface area contributed by atoms with Gasteiger partial charge in [-0.25, -0.2) is 9.97 Å². The second-order valence-electron chi connectivity index (χ2n) is 1.70. The van der Waals surface area contributed by atoms with Crippen LogP contribution in [0.2, 0.25) is 0 Å². The van der Waals surface area contributed by atoms with E-state index in [1.54, 1.807) is 12.3 Å². The number of rotatable bonds is 2. The molecule has 1 aromatic rings. The van der Waals surface area contributed by atoms with Crippen LogP contribution in [0.25, 0.3) is 0 Å². The molecule has 1 heterocycles. The molecule has 0 radical (unpaired) electrons. The third-order valence-electron chi connectivity index (χ3n) is 1.03. The molecular formula is C6H7N3O. The fourth-order valence-electron chi connectivity index (χ4n) is 0.573. The Kier molecular flexibility index (Phi) is 2.37. The highest BCUT2D eigenvalue weighted by Crippen LogP contribution is 1.88. The maximum absolute atomic E-state index is 8.05. The van der Waals surface area contributed by atoms with E-state index in [9.17, 15) is 0 Å². The Bertz CT molecular complexity index is 209. The smallest absolute Gasteiger partial charge is 0.115 e. The molecular weight excluding hydrogens is 130 g/mol. The summed E-state index contributed by atoms with van der Waals surface area (Å²) in [6.07, 6.45) is 5.02. The van der Waals surface area contributed by atoms with E-state index in [0.717, 1.165) is 5.69 Å². The van der Waals surface area contributed by atoms with E-state index in [4.69, 9.17) is 5.21 Å². The first kappa shape index (κ1) is 6.67. The van der Waals surface area contributed by atoms with Gasteiger partial charge in [0, 0.05) is 24.5 Å². The molecule has 0 aliphatic carbocycles. The molecule has 10 heavy (non-hydrogen) atoms. The minimum atomic E-state index is 0.541. The first-order valence-electron chi connectivity index (χ1n) is 2.84. The van der Waals surface area contributed by atoms with Crippen LogP contribution in [0.3, 0.4) is 0 Å². The number of hydrogen-bond donors (Lipinski definition) is 1. The molecule has 1 aromatic heterocycles. The number of aromatic nitrogens is 2. The summed E-state index contributed by atoms with van der Waals surface area (Å²) in [6.45, 7) is 0. The Morgan fingerprint density at radius 2 is 2.60 bits per heavy atom. The van der Waals surface area contributed by atoms with Gasteiger partial charge in [0.15, 0.2) is 0 Å². The van der Waals surface area contributed by atoms with Crippen LogP contribution in [0.4, 0.5) is 0 Å². The molecule has 4 nitrogen and oxygen atoms in total. The van der Waals surface area contributed by atoms with Gasteiger partial charge in [0.05, 0.1) is 0 Å². The third kappa shape index (κ3) is 1.81. The maximum Gasteiger partial charge on any atom is 0.115 e. The van der Waals surface area contributed by atoms with E-state index < -0.39 is 0 Å². The highest BCUT2D eigenvalue weighted by atomic mass is 16.4. The Hall–Kier alpha value is -1.45. The van der Waals surface area contributed by atoms with Crippen molar-refractivity contribution >= 4 is 6.21 Å². The molecule has 1 rings (SSSR count). The van der Waals surface area contributed by atoms with Crippen molar-refractivity contribution < 1.29 is 5.21 Å². The molecule has 0 atom stereocenters. The van der Waals surface area contributed by atoms with E-state index in [2.05, 4.69) is 15.1 Å². The van der Waals surface area contributed by atoms with Gasteiger partial charge >= 0.3 is 0 Å². The largest absolute Gasteiger partial charge is 0.411 e. The normalized spacial score (nSPS) is 10.4. The minimum Gasteiger partial charge on any atom is -0.411 e. The van der Waals surface area contributed by atoms with Crippen molar-refractivity contribution in [3.05, 3.63) is 24.3 Å². The zero-order valence-electron chi connectivity index (χ0n) is 5.31. The number of nitrogens with zero attached hydrogens (tertiary/aromatic N) is 3. The average molecular weight is 137 g/mol. The first-order chi connectivity index (χ1) is 4.93. The lowest BCUT2D eigenvalue weighted by Crippen LogP contribution is -1.90. The minimum absolute atomic E-state index is 0.541. The lowest BCUT2D eigenvalue weighted by atomic mass is 10.3. The van der Waals surface area contributed by atoms with Gasteiger partial charge in [0.2, 0.25) is 0 Å². The van der Waals surface area contributed by atoms with Crippen LogP contribution in [0.5, 0.6) is 0 Å². The summed E-state index contributed by atoms with van der Waals surface area (Å²) >= 11 is 0. The fourth-order valence-corrected chi connectivity index (χ4v) is 0.573. The Labute approximate surface area is 58.2 Å². The molecule has 52 valence electrons. The Balaban J connectivity index is 2.59. The van der Waals surface area contributed by atoms with Crippen LogP contribution in [-0.4, -0.2) is 21.4 Å². The molecule has 0 aliphatic heterocycles. The van der Waals surface area contributed by atoms with E-state index in [-0.39, 0.29) is 0 Å². The molecule has 4 heteroatoms. The molecule has 0 bridgehead atoms. The summed E-state index contributed by atoms with van der Waals surface area (Å²) in [6, 6.07) is 1.77. The van der Waals surface area contributed by atoms with Crippen molar-refractivity contribution in [3.8, 4) is 0 Å². The van der Waals surface area contributed by atoms with Gasteiger partial charge < -0.3 is 5.21 Å². The van der Waals surface area contributed by atoms with E-state index in [1.165, 1.54) is 12.5 Å². The van der Waals surface area contributed by atoms with Gasteiger partial charge in [-0.05, 0) is 6.07 Å². The SMILES string of the molecule is ON=CCc1ccncn1. The summed E-state index contributed by atoms with van der Waals surface area (Å²) in [7, 11) is 0. The van der Waals surface area contributed by atoms with Crippen molar-refractivity contribution in [2.45, 2.75) is 6.42 Å². The van der Waals surface area contributed by atoms with Crippen molar-refractivity contribution in [2.75, 3.05) is 0 Å². The van der Waals surface area contributed by atoms with Crippen molar-refractivity contribution in [3.63, 3.8) is 0 Å². The lowest BCUT2D eigenvalue weighted by Gasteiger charge is -1.89. The predicted molar refractivity (Wildman–Crippen MR) is 36.0 cm³/mol. The summed E-state index contributed by atoms with van der Waals surface area (Å²) in [4.78, 5) is 7.64. The van der Waals surface area contributed by atoms with Gasteiger partial charge in [0.1, 0.15) is 6.33 Å². The van der Waals surface area contributed by atoms with Crippen LogP contribution in [-0.2, 0) is 6.42 Å². The van der Waals surface area contributed by atoms with Crippen molar-refractivity contribution in [1.29, 1.82) is 0 Å². The zero-order valence-corrected chi connectivity index (χ0v) is 5.31. The van der Waals surface area contributed by atoms with E-state index in [1.807, 2.05) is 0 Å². The van der Waals surface area contributed by atoms with Gasteiger partial charge in [-0.1, -0.05) is 0 Å². The second-order valence-corrected chi connectivity index (χ2v) is 1.70. The molecule has 0 fully saturated rings. The maximum atomic E-state index is 8.05. The van der Waals surface area contributed by atoms with E-state index in [0.29, 0.717) is 6.42 Å². The molecule has 0 saturated carbocycles. The monoisotopic (exact) mass is 137 g/mol. The molecule has 0 amide bonds. The topological polar surface area (TPSA) is 58.4 Å². The Morgan fingerprint density at radius 1 is 1.70 bits per heavy atom. The molecule has 0 aromatic carbocycles. The van der Waals surface area contributed by atoms with Crippen molar-refractivity contribution in [2.24, 2.45) is 5.16 Å². The summed E-state index contributed by atoms with van der Waals surface area (Å²) in [5.41, 5.74) is 0.841. The van der Waals surface area contributed by atoms with Crippen molar-refractivity contribution in [1.82, 2.24) is 9.97 Å². The highest BCUT2D eigenvalue weighted by Gasteiger charge is 1.87. The molecule has 0 aliphatic rings. The summed E-state index contributed by atoms with van der Waals surface area (Å²) < 4.78 is 0. The van der Waals surface area contributed by atoms with Gasteiger partial charge in [-0.15, -0.1) is 5.16 Å². The summed E-state index contributed by atoms with van der Waals surface area (Å²) in [5, 5.41) is 10.9. The van der Waals surface area contributed by atoms with Crippen LogP contribution in [0.15, 0.2) is 23.7 Å². The fraction of sp³-hybridized carbons (Fsp3) is 0.167. The number of hydrogen-bond acceptors (Lipinski definition) is 4.